The highest BCUT2D eigenvalue weighted by Gasteiger charge is 2.21. The number of carbonyl (C=O) groups is 3. The van der Waals surface area contributed by atoms with E-state index in [-0.39, 0.29) is 30.2 Å². The SMILES string of the molecule is CC(C)C(=O)Nc1cccc(CNC(=O)CNC(=O)C(C)(C)C)c1. The maximum atomic E-state index is 11.8. The van der Waals surface area contributed by atoms with E-state index in [0.717, 1.165) is 5.56 Å². The Balaban J connectivity index is 2.48. The van der Waals surface area contributed by atoms with E-state index in [0.29, 0.717) is 12.2 Å². The monoisotopic (exact) mass is 333 g/mol. The van der Waals surface area contributed by atoms with Crippen molar-refractivity contribution in [3.05, 3.63) is 29.8 Å². The fourth-order valence-corrected chi connectivity index (χ4v) is 1.73. The summed E-state index contributed by atoms with van der Waals surface area (Å²) in [5, 5.41) is 8.16. The van der Waals surface area contributed by atoms with E-state index in [2.05, 4.69) is 16.0 Å². The van der Waals surface area contributed by atoms with Crippen LogP contribution in [-0.2, 0) is 20.9 Å². The van der Waals surface area contributed by atoms with Gasteiger partial charge in [0.2, 0.25) is 17.7 Å². The second-order valence-corrected chi connectivity index (χ2v) is 7.05. The molecule has 0 radical (unpaired) electrons. The Kier molecular flexibility index (Phi) is 6.95. The third-order valence-corrected chi connectivity index (χ3v) is 3.30. The molecule has 0 aromatic heterocycles. The van der Waals surface area contributed by atoms with Crippen LogP contribution in [0.5, 0.6) is 0 Å². The average Bonchev–Trinajstić information content (AvgIpc) is 2.49. The molecule has 3 N–H and O–H groups in total. The van der Waals surface area contributed by atoms with Gasteiger partial charge in [0, 0.05) is 23.6 Å². The van der Waals surface area contributed by atoms with Crippen LogP contribution in [-0.4, -0.2) is 24.3 Å². The third-order valence-electron chi connectivity index (χ3n) is 3.30. The fourth-order valence-electron chi connectivity index (χ4n) is 1.73. The van der Waals surface area contributed by atoms with Crippen molar-refractivity contribution in [1.29, 1.82) is 0 Å². The number of nitrogens with one attached hydrogen (secondary N) is 3. The molecule has 1 rings (SSSR count). The molecule has 0 fully saturated rings. The molecule has 6 nitrogen and oxygen atoms in total. The first kappa shape index (κ1) is 19.7. The zero-order valence-electron chi connectivity index (χ0n) is 15.0. The van der Waals surface area contributed by atoms with Crippen LogP contribution in [0.4, 0.5) is 5.69 Å². The van der Waals surface area contributed by atoms with Crippen LogP contribution < -0.4 is 16.0 Å². The largest absolute Gasteiger partial charge is 0.350 e. The lowest BCUT2D eigenvalue weighted by atomic mass is 9.96. The summed E-state index contributed by atoms with van der Waals surface area (Å²) in [6.45, 7) is 9.29. The second kappa shape index (κ2) is 8.47. The standard InChI is InChI=1S/C18H27N3O3/c1-12(2)16(23)21-14-8-6-7-13(9-14)10-19-15(22)11-20-17(24)18(3,4)5/h6-9,12H,10-11H2,1-5H3,(H,19,22)(H,20,24)(H,21,23). The van der Waals surface area contributed by atoms with Crippen LogP contribution in [0.15, 0.2) is 24.3 Å². The summed E-state index contributed by atoms with van der Waals surface area (Å²) >= 11 is 0. The van der Waals surface area contributed by atoms with Crippen molar-refractivity contribution in [1.82, 2.24) is 10.6 Å². The average molecular weight is 333 g/mol. The van der Waals surface area contributed by atoms with Gasteiger partial charge in [-0.3, -0.25) is 14.4 Å². The highest BCUT2D eigenvalue weighted by atomic mass is 16.2. The summed E-state index contributed by atoms with van der Waals surface area (Å²) in [4.78, 5) is 35.2. The zero-order valence-corrected chi connectivity index (χ0v) is 15.0. The highest BCUT2D eigenvalue weighted by Crippen LogP contribution is 2.13. The Morgan fingerprint density at radius 3 is 2.33 bits per heavy atom. The van der Waals surface area contributed by atoms with Crippen molar-refractivity contribution in [3.63, 3.8) is 0 Å². The first-order valence-corrected chi connectivity index (χ1v) is 8.04. The molecule has 0 atom stereocenters. The van der Waals surface area contributed by atoms with Crippen molar-refractivity contribution in [3.8, 4) is 0 Å². The Hall–Kier alpha value is -2.37. The maximum absolute atomic E-state index is 11.8. The molecule has 0 aliphatic heterocycles. The third kappa shape index (κ3) is 6.81. The molecule has 0 spiro atoms. The topological polar surface area (TPSA) is 87.3 Å². The van der Waals surface area contributed by atoms with Gasteiger partial charge < -0.3 is 16.0 Å². The van der Waals surface area contributed by atoms with Crippen molar-refractivity contribution in [2.24, 2.45) is 11.3 Å². The molecule has 24 heavy (non-hydrogen) atoms. The lowest BCUT2D eigenvalue weighted by Crippen LogP contribution is -2.41. The van der Waals surface area contributed by atoms with Crippen molar-refractivity contribution >= 4 is 23.4 Å². The van der Waals surface area contributed by atoms with Crippen molar-refractivity contribution < 1.29 is 14.4 Å². The molecule has 0 heterocycles. The fraction of sp³-hybridized carbons (Fsp3) is 0.500. The Morgan fingerprint density at radius 2 is 1.75 bits per heavy atom. The van der Waals surface area contributed by atoms with Gasteiger partial charge >= 0.3 is 0 Å². The Labute approximate surface area is 143 Å². The molecule has 0 saturated carbocycles. The van der Waals surface area contributed by atoms with Crippen LogP contribution in [0.2, 0.25) is 0 Å². The molecule has 1 aromatic rings. The van der Waals surface area contributed by atoms with Crippen molar-refractivity contribution in [2.45, 2.75) is 41.2 Å². The number of anilines is 1. The van der Waals surface area contributed by atoms with Crippen LogP contribution in [0.1, 0.15) is 40.2 Å². The lowest BCUT2D eigenvalue weighted by Gasteiger charge is -2.17. The lowest BCUT2D eigenvalue weighted by molar-refractivity contribution is -0.131. The second-order valence-electron chi connectivity index (χ2n) is 7.05. The van der Waals surface area contributed by atoms with E-state index in [9.17, 15) is 14.4 Å². The molecule has 3 amide bonds. The summed E-state index contributed by atoms with van der Waals surface area (Å²) in [7, 11) is 0. The summed E-state index contributed by atoms with van der Waals surface area (Å²) < 4.78 is 0. The van der Waals surface area contributed by atoms with E-state index in [4.69, 9.17) is 0 Å². The van der Waals surface area contributed by atoms with Gasteiger partial charge in [0.15, 0.2) is 0 Å². The quantitative estimate of drug-likeness (QED) is 0.744. The van der Waals surface area contributed by atoms with E-state index in [1.165, 1.54) is 0 Å². The molecule has 0 unspecified atom stereocenters. The molecular weight excluding hydrogens is 306 g/mol. The van der Waals surface area contributed by atoms with Gasteiger partial charge in [0.05, 0.1) is 6.54 Å². The van der Waals surface area contributed by atoms with Gasteiger partial charge in [0.1, 0.15) is 0 Å². The molecule has 6 heteroatoms. The zero-order chi connectivity index (χ0) is 18.3. The maximum Gasteiger partial charge on any atom is 0.239 e. The van der Waals surface area contributed by atoms with Gasteiger partial charge in [-0.25, -0.2) is 0 Å². The van der Waals surface area contributed by atoms with E-state index < -0.39 is 5.41 Å². The van der Waals surface area contributed by atoms with Gasteiger partial charge in [-0.1, -0.05) is 46.8 Å². The molecular formula is C18H27N3O3. The predicted molar refractivity (Wildman–Crippen MR) is 94.2 cm³/mol. The predicted octanol–water partition coefficient (Wildman–Crippen LogP) is 2.06. The summed E-state index contributed by atoms with van der Waals surface area (Å²) in [6, 6.07) is 7.29. The summed E-state index contributed by atoms with van der Waals surface area (Å²) in [5.74, 6) is -0.582. The van der Waals surface area contributed by atoms with Gasteiger partial charge in [-0.05, 0) is 17.7 Å². The number of amides is 3. The van der Waals surface area contributed by atoms with Crippen LogP contribution in [0.25, 0.3) is 0 Å². The Morgan fingerprint density at radius 1 is 1.08 bits per heavy atom. The van der Waals surface area contributed by atoms with Gasteiger partial charge in [0.25, 0.3) is 0 Å². The molecule has 0 aliphatic rings. The highest BCUT2D eigenvalue weighted by molar-refractivity contribution is 5.92. The first-order valence-electron chi connectivity index (χ1n) is 8.04. The van der Waals surface area contributed by atoms with Crippen LogP contribution >= 0.6 is 0 Å². The molecule has 1 aromatic carbocycles. The summed E-state index contributed by atoms with van der Waals surface area (Å²) in [6.07, 6.45) is 0. The molecule has 0 saturated heterocycles. The van der Waals surface area contributed by atoms with Gasteiger partial charge in [-0.15, -0.1) is 0 Å². The molecule has 132 valence electrons. The van der Waals surface area contributed by atoms with E-state index in [1.807, 2.05) is 32.0 Å². The Bertz CT molecular complexity index is 604. The van der Waals surface area contributed by atoms with Crippen LogP contribution in [0, 0.1) is 11.3 Å². The first-order chi connectivity index (χ1) is 11.1. The van der Waals surface area contributed by atoms with Crippen LogP contribution in [0.3, 0.4) is 0 Å². The smallest absolute Gasteiger partial charge is 0.239 e. The normalized spacial score (nSPS) is 11.1. The van der Waals surface area contributed by atoms with Crippen molar-refractivity contribution in [2.75, 3.05) is 11.9 Å². The number of hydrogen-bond donors (Lipinski definition) is 3. The van der Waals surface area contributed by atoms with E-state index >= 15 is 0 Å². The minimum Gasteiger partial charge on any atom is -0.350 e. The number of rotatable bonds is 6. The number of carbonyl (C=O) groups excluding carboxylic acids is 3. The molecule has 0 aliphatic carbocycles. The summed E-state index contributed by atoms with van der Waals surface area (Å²) in [5.41, 5.74) is 1.04. The van der Waals surface area contributed by atoms with Gasteiger partial charge in [-0.2, -0.15) is 0 Å². The number of benzene rings is 1. The minimum atomic E-state index is -0.525. The molecule has 0 bridgehead atoms. The van der Waals surface area contributed by atoms with E-state index in [1.54, 1.807) is 26.8 Å². The number of hydrogen-bond acceptors (Lipinski definition) is 3. The minimum absolute atomic E-state index is 0.0546.